The molecule has 3 rings (SSSR count). The summed E-state index contributed by atoms with van der Waals surface area (Å²) >= 11 is 11.9. The summed E-state index contributed by atoms with van der Waals surface area (Å²) in [5.41, 5.74) is 0.621. The van der Waals surface area contributed by atoms with Gasteiger partial charge in [0.25, 0.3) is 0 Å². The Hall–Kier alpha value is -1.80. The zero-order chi connectivity index (χ0) is 20.3. The number of methoxy groups -OCH3 is 1. The Balaban J connectivity index is 1.68. The molecule has 1 amide bonds. The highest BCUT2D eigenvalue weighted by Crippen LogP contribution is 2.32. The molecule has 2 aromatic carbocycles. The van der Waals surface area contributed by atoms with Gasteiger partial charge in [-0.25, -0.2) is 8.42 Å². The Morgan fingerprint density at radius 1 is 1.11 bits per heavy atom. The van der Waals surface area contributed by atoms with Crippen LogP contribution in [0.15, 0.2) is 47.4 Å². The molecule has 1 N–H and O–H groups in total. The fraction of sp³-hybridized carbons (Fsp3) is 0.316. The minimum Gasteiger partial charge on any atom is -0.495 e. The van der Waals surface area contributed by atoms with Crippen LogP contribution in [0.3, 0.4) is 0 Å². The van der Waals surface area contributed by atoms with Crippen molar-refractivity contribution in [1.29, 1.82) is 0 Å². The van der Waals surface area contributed by atoms with Gasteiger partial charge in [0.05, 0.1) is 7.11 Å². The van der Waals surface area contributed by atoms with Crippen LogP contribution in [0, 0.1) is 5.92 Å². The van der Waals surface area contributed by atoms with Crippen LogP contribution in [0.25, 0.3) is 0 Å². The highest BCUT2D eigenvalue weighted by molar-refractivity contribution is 7.89. The second-order valence-electron chi connectivity index (χ2n) is 6.47. The van der Waals surface area contributed by atoms with Crippen molar-refractivity contribution in [3.63, 3.8) is 0 Å². The number of hydrogen-bond acceptors (Lipinski definition) is 4. The quantitative estimate of drug-likeness (QED) is 0.757. The standard InChI is InChI=1S/C19H20Cl2N2O4S/c1-27-17-6-5-15(21)12-18(17)28(25,26)23-9-7-13(8-10-23)19(24)22-16-4-2-3-14(20)11-16/h2-6,11-13H,7-10H2,1H3,(H,22,24). The average Bonchev–Trinajstić information content (AvgIpc) is 2.68. The number of sulfonamides is 1. The van der Waals surface area contributed by atoms with Crippen molar-refractivity contribution in [1.82, 2.24) is 4.31 Å². The third-order valence-corrected chi connectivity index (χ3v) is 7.05. The zero-order valence-corrected chi connectivity index (χ0v) is 17.5. The lowest BCUT2D eigenvalue weighted by molar-refractivity contribution is -0.120. The molecule has 0 aromatic heterocycles. The molecule has 6 nitrogen and oxygen atoms in total. The summed E-state index contributed by atoms with van der Waals surface area (Å²) in [7, 11) is -2.35. The Morgan fingerprint density at radius 2 is 1.79 bits per heavy atom. The van der Waals surface area contributed by atoms with Gasteiger partial charge >= 0.3 is 0 Å². The summed E-state index contributed by atoms with van der Waals surface area (Å²) in [6.07, 6.45) is 0.850. The highest BCUT2D eigenvalue weighted by Gasteiger charge is 2.33. The summed E-state index contributed by atoms with van der Waals surface area (Å²) in [4.78, 5) is 12.5. The third kappa shape index (κ3) is 4.60. The molecule has 9 heteroatoms. The number of nitrogens with zero attached hydrogens (tertiary/aromatic N) is 1. The first-order chi connectivity index (χ1) is 13.3. The molecule has 1 aliphatic heterocycles. The number of rotatable bonds is 5. The van der Waals surface area contributed by atoms with E-state index < -0.39 is 10.0 Å². The van der Waals surface area contributed by atoms with Gasteiger partial charge in [-0.3, -0.25) is 4.79 Å². The monoisotopic (exact) mass is 442 g/mol. The highest BCUT2D eigenvalue weighted by atomic mass is 35.5. The fourth-order valence-electron chi connectivity index (χ4n) is 3.16. The Kier molecular flexibility index (Phi) is 6.50. The van der Waals surface area contributed by atoms with E-state index in [0.29, 0.717) is 28.6 Å². The van der Waals surface area contributed by atoms with E-state index in [1.807, 2.05) is 0 Å². The van der Waals surface area contributed by atoms with Crippen LogP contribution >= 0.6 is 23.2 Å². The molecule has 0 saturated carbocycles. The first-order valence-electron chi connectivity index (χ1n) is 8.71. The zero-order valence-electron chi connectivity index (χ0n) is 15.2. The molecular formula is C19H20Cl2N2O4S. The normalized spacial score (nSPS) is 16.0. The fourth-order valence-corrected chi connectivity index (χ4v) is 5.24. The molecular weight excluding hydrogens is 423 g/mol. The van der Waals surface area contributed by atoms with Crippen LogP contribution in [-0.2, 0) is 14.8 Å². The van der Waals surface area contributed by atoms with Crippen LogP contribution in [0.1, 0.15) is 12.8 Å². The topological polar surface area (TPSA) is 75.7 Å². The second-order valence-corrected chi connectivity index (χ2v) is 9.25. The van der Waals surface area contributed by atoms with Gasteiger partial charge in [0.1, 0.15) is 10.6 Å². The van der Waals surface area contributed by atoms with Crippen LogP contribution < -0.4 is 10.1 Å². The van der Waals surface area contributed by atoms with E-state index >= 15 is 0 Å². The SMILES string of the molecule is COc1ccc(Cl)cc1S(=O)(=O)N1CCC(C(=O)Nc2cccc(Cl)c2)CC1. The van der Waals surface area contributed by atoms with E-state index in [0.717, 1.165) is 0 Å². The number of hydrogen-bond donors (Lipinski definition) is 1. The van der Waals surface area contributed by atoms with Gasteiger partial charge in [0.15, 0.2) is 0 Å². The van der Waals surface area contributed by atoms with Gasteiger partial charge in [0, 0.05) is 34.7 Å². The number of nitrogens with one attached hydrogen (secondary N) is 1. The smallest absolute Gasteiger partial charge is 0.246 e. The van der Waals surface area contributed by atoms with Crippen molar-refractivity contribution in [2.75, 3.05) is 25.5 Å². The average molecular weight is 443 g/mol. The molecule has 0 atom stereocenters. The van der Waals surface area contributed by atoms with E-state index in [2.05, 4.69) is 5.32 Å². The molecule has 1 saturated heterocycles. The van der Waals surface area contributed by atoms with Crippen molar-refractivity contribution < 1.29 is 17.9 Å². The molecule has 1 fully saturated rings. The summed E-state index contributed by atoms with van der Waals surface area (Å²) in [6.45, 7) is 0.483. The van der Waals surface area contributed by atoms with Gasteiger partial charge < -0.3 is 10.1 Å². The molecule has 1 aliphatic rings. The van der Waals surface area contributed by atoms with Crippen molar-refractivity contribution in [3.05, 3.63) is 52.5 Å². The third-order valence-electron chi connectivity index (χ3n) is 4.66. The molecule has 0 bridgehead atoms. The van der Waals surface area contributed by atoms with E-state index in [4.69, 9.17) is 27.9 Å². The Labute approximate surface area is 174 Å². The first-order valence-corrected chi connectivity index (χ1v) is 10.9. The lowest BCUT2D eigenvalue weighted by Gasteiger charge is -2.31. The van der Waals surface area contributed by atoms with Crippen molar-refractivity contribution in [2.24, 2.45) is 5.92 Å². The lowest BCUT2D eigenvalue weighted by atomic mass is 9.97. The summed E-state index contributed by atoms with van der Waals surface area (Å²) < 4.78 is 32.5. The summed E-state index contributed by atoms with van der Waals surface area (Å²) in [5, 5.41) is 3.69. The maximum absolute atomic E-state index is 13.0. The molecule has 2 aromatic rings. The van der Waals surface area contributed by atoms with E-state index in [1.54, 1.807) is 30.3 Å². The number of carbonyl (C=O) groups is 1. The van der Waals surface area contributed by atoms with Gasteiger partial charge in [0.2, 0.25) is 15.9 Å². The number of carbonyl (C=O) groups excluding carboxylic acids is 1. The van der Waals surface area contributed by atoms with Gasteiger partial charge in [-0.2, -0.15) is 4.31 Å². The number of anilines is 1. The van der Waals surface area contributed by atoms with Crippen molar-refractivity contribution >= 4 is 44.8 Å². The van der Waals surface area contributed by atoms with Crippen LogP contribution in [0.4, 0.5) is 5.69 Å². The van der Waals surface area contributed by atoms with Crippen LogP contribution in [0.5, 0.6) is 5.75 Å². The predicted octanol–water partition coefficient (Wildman–Crippen LogP) is 4.04. The number of benzene rings is 2. The van der Waals surface area contributed by atoms with Crippen LogP contribution in [-0.4, -0.2) is 38.8 Å². The molecule has 0 unspecified atom stereocenters. The maximum Gasteiger partial charge on any atom is 0.246 e. The first kappa shape index (κ1) is 20.9. The van der Waals surface area contributed by atoms with Crippen LogP contribution in [0.2, 0.25) is 10.0 Å². The molecule has 0 spiro atoms. The Bertz CT molecular complexity index is 974. The number of ether oxygens (including phenoxy) is 1. The molecule has 150 valence electrons. The molecule has 28 heavy (non-hydrogen) atoms. The van der Waals surface area contributed by atoms with Crippen molar-refractivity contribution in [3.8, 4) is 5.75 Å². The van der Waals surface area contributed by atoms with Crippen molar-refractivity contribution in [2.45, 2.75) is 17.7 Å². The molecule has 0 aliphatic carbocycles. The van der Waals surface area contributed by atoms with E-state index in [9.17, 15) is 13.2 Å². The molecule has 1 heterocycles. The lowest BCUT2D eigenvalue weighted by Crippen LogP contribution is -2.41. The second kappa shape index (κ2) is 8.69. The maximum atomic E-state index is 13.0. The minimum atomic E-state index is -3.77. The Morgan fingerprint density at radius 3 is 2.43 bits per heavy atom. The van der Waals surface area contributed by atoms with E-state index in [1.165, 1.54) is 23.5 Å². The van der Waals surface area contributed by atoms with Gasteiger partial charge in [-0.05, 0) is 49.2 Å². The summed E-state index contributed by atoms with van der Waals surface area (Å²) in [6, 6.07) is 11.4. The molecule has 0 radical (unpaired) electrons. The largest absolute Gasteiger partial charge is 0.495 e. The number of halogens is 2. The summed E-state index contributed by atoms with van der Waals surface area (Å²) in [5.74, 6) is -0.170. The van der Waals surface area contributed by atoms with Gasteiger partial charge in [-0.1, -0.05) is 29.3 Å². The minimum absolute atomic E-state index is 0.0318. The predicted molar refractivity (Wildman–Crippen MR) is 110 cm³/mol. The number of piperidine rings is 1. The van der Waals surface area contributed by atoms with Gasteiger partial charge in [-0.15, -0.1) is 0 Å². The van der Waals surface area contributed by atoms with E-state index in [-0.39, 0.29) is 35.6 Å². The number of amides is 1.